The van der Waals surface area contributed by atoms with Crippen LogP contribution in [0, 0.1) is 0 Å². The van der Waals surface area contributed by atoms with Crippen molar-refractivity contribution >= 4 is 46.1 Å². The minimum atomic E-state index is -0.888. The number of fused-ring (bicyclic) bond motifs is 3. The number of carbonyl (C=O) groups is 3. The topological polar surface area (TPSA) is 80.6 Å². The zero-order chi connectivity index (χ0) is 25.9. The molecule has 188 valence electrons. The molecule has 0 bridgehead atoms. The van der Waals surface area contributed by atoms with Crippen LogP contribution in [0.1, 0.15) is 34.5 Å². The van der Waals surface area contributed by atoms with Gasteiger partial charge in [0.2, 0.25) is 11.8 Å². The van der Waals surface area contributed by atoms with E-state index in [1.165, 1.54) is 11.8 Å². The van der Waals surface area contributed by atoms with Gasteiger partial charge in [-0.1, -0.05) is 60.3 Å². The number of amides is 2. The van der Waals surface area contributed by atoms with Gasteiger partial charge in [-0.05, 0) is 42.8 Å². The Morgan fingerprint density at radius 3 is 2.43 bits per heavy atom. The van der Waals surface area contributed by atoms with Crippen LogP contribution >= 0.6 is 11.8 Å². The highest BCUT2D eigenvalue weighted by Gasteiger charge is 2.39. The van der Waals surface area contributed by atoms with Crippen LogP contribution in [0.15, 0.2) is 83.9 Å². The molecule has 2 amide bonds. The van der Waals surface area contributed by atoms with Gasteiger partial charge in [-0.15, -0.1) is 0 Å². The maximum Gasteiger partial charge on any atom is 0.338 e. The predicted molar refractivity (Wildman–Crippen MR) is 145 cm³/mol. The van der Waals surface area contributed by atoms with Gasteiger partial charge in [0, 0.05) is 35.7 Å². The number of hydrogen-bond acceptors (Lipinski definition) is 5. The number of anilines is 1. The van der Waals surface area contributed by atoms with Gasteiger partial charge in [-0.3, -0.25) is 14.5 Å². The van der Waals surface area contributed by atoms with Gasteiger partial charge in [-0.2, -0.15) is 0 Å². The SMILES string of the molecule is CCOC(=O)c1ccc(N2C(=O)CSc3c(c4ccccc4n3C)[C@@H]2C(=O)NCc2ccccc2)cc1. The molecule has 1 aromatic heterocycles. The molecule has 0 aliphatic carbocycles. The number of benzene rings is 3. The number of carbonyl (C=O) groups excluding carboxylic acids is 3. The predicted octanol–water partition coefficient (Wildman–Crippen LogP) is 4.85. The van der Waals surface area contributed by atoms with E-state index in [1.54, 1.807) is 36.1 Å². The van der Waals surface area contributed by atoms with Crippen molar-refractivity contribution in [1.82, 2.24) is 9.88 Å². The number of rotatable bonds is 6. The fourth-order valence-electron chi connectivity index (χ4n) is 4.71. The number of nitrogens with one attached hydrogen (secondary N) is 1. The minimum absolute atomic E-state index is 0.180. The molecule has 37 heavy (non-hydrogen) atoms. The molecule has 0 saturated carbocycles. The van der Waals surface area contributed by atoms with Crippen LogP contribution in [0.2, 0.25) is 0 Å². The molecule has 8 heteroatoms. The summed E-state index contributed by atoms with van der Waals surface area (Å²) in [5, 5.41) is 4.87. The third kappa shape index (κ3) is 4.72. The van der Waals surface area contributed by atoms with E-state index in [2.05, 4.69) is 5.32 Å². The first-order valence-electron chi connectivity index (χ1n) is 12.1. The summed E-state index contributed by atoms with van der Waals surface area (Å²) >= 11 is 1.44. The summed E-state index contributed by atoms with van der Waals surface area (Å²) in [6.45, 7) is 2.36. The highest BCUT2D eigenvalue weighted by atomic mass is 32.2. The molecule has 0 unspecified atom stereocenters. The number of ether oxygens (including phenoxy) is 1. The van der Waals surface area contributed by atoms with E-state index in [1.807, 2.05) is 66.2 Å². The number of thioether (sulfide) groups is 1. The molecule has 3 aromatic carbocycles. The summed E-state index contributed by atoms with van der Waals surface area (Å²) in [5.74, 6) is -0.708. The Morgan fingerprint density at radius 1 is 1.00 bits per heavy atom. The number of para-hydroxylation sites is 1. The van der Waals surface area contributed by atoms with Gasteiger partial charge in [0.25, 0.3) is 0 Å². The van der Waals surface area contributed by atoms with Crippen molar-refractivity contribution in [2.45, 2.75) is 24.5 Å². The molecule has 0 radical (unpaired) electrons. The highest BCUT2D eigenvalue weighted by Crippen LogP contribution is 2.43. The Morgan fingerprint density at radius 2 is 1.70 bits per heavy atom. The maximum atomic E-state index is 13.9. The number of aromatic nitrogens is 1. The summed E-state index contributed by atoms with van der Waals surface area (Å²) in [6, 6.07) is 23.3. The average Bonchev–Trinajstić information content (AvgIpc) is 3.10. The van der Waals surface area contributed by atoms with Crippen molar-refractivity contribution in [3.8, 4) is 0 Å². The van der Waals surface area contributed by atoms with Crippen LogP contribution in [0.4, 0.5) is 5.69 Å². The second-order valence-electron chi connectivity index (χ2n) is 8.72. The molecule has 1 aliphatic heterocycles. The minimum Gasteiger partial charge on any atom is -0.462 e. The zero-order valence-electron chi connectivity index (χ0n) is 20.6. The van der Waals surface area contributed by atoms with Gasteiger partial charge in [0.05, 0.1) is 22.9 Å². The quantitative estimate of drug-likeness (QED) is 0.373. The molecule has 0 fully saturated rings. The van der Waals surface area contributed by atoms with Crippen molar-refractivity contribution < 1.29 is 19.1 Å². The Labute approximate surface area is 219 Å². The van der Waals surface area contributed by atoms with E-state index < -0.39 is 12.0 Å². The lowest BCUT2D eigenvalue weighted by Gasteiger charge is -2.30. The number of hydrogen-bond donors (Lipinski definition) is 1. The third-order valence-corrected chi connectivity index (χ3v) is 7.60. The van der Waals surface area contributed by atoms with Crippen molar-refractivity contribution in [2.75, 3.05) is 17.3 Å². The lowest BCUT2D eigenvalue weighted by molar-refractivity contribution is -0.125. The van der Waals surface area contributed by atoms with E-state index in [0.29, 0.717) is 17.8 Å². The molecule has 0 saturated heterocycles. The second kappa shape index (κ2) is 10.5. The summed E-state index contributed by atoms with van der Waals surface area (Å²) in [6.07, 6.45) is 0. The molecular formula is C29H27N3O4S. The molecule has 5 rings (SSSR count). The van der Waals surface area contributed by atoms with E-state index in [0.717, 1.165) is 27.1 Å². The van der Waals surface area contributed by atoms with E-state index in [4.69, 9.17) is 4.74 Å². The van der Waals surface area contributed by atoms with Crippen LogP contribution in [-0.2, 0) is 27.9 Å². The summed E-state index contributed by atoms with van der Waals surface area (Å²) in [7, 11) is 1.96. The van der Waals surface area contributed by atoms with Crippen LogP contribution in [-0.4, -0.2) is 34.7 Å². The number of nitrogens with zero attached hydrogens (tertiary/aromatic N) is 2. The summed E-state index contributed by atoms with van der Waals surface area (Å²) < 4.78 is 7.14. The number of esters is 1. The Hall–Kier alpha value is -4.04. The third-order valence-electron chi connectivity index (χ3n) is 6.44. The van der Waals surface area contributed by atoms with Crippen molar-refractivity contribution in [2.24, 2.45) is 7.05 Å². The summed E-state index contributed by atoms with van der Waals surface area (Å²) in [4.78, 5) is 41.2. The Balaban J connectivity index is 1.60. The van der Waals surface area contributed by atoms with Gasteiger partial charge >= 0.3 is 5.97 Å². The van der Waals surface area contributed by atoms with Gasteiger partial charge in [0.15, 0.2) is 0 Å². The highest BCUT2D eigenvalue weighted by molar-refractivity contribution is 8.00. The first-order valence-corrected chi connectivity index (χ1v) is 13.1. The molecule has 4 aromatic rings. The van der Waals surface area contributed by atoms with Crippen LogP contribution < -0.4 is 10.2 Å². The van der Waals surface area contributed by atoms with E-state index >= 15 is 0 Å². The van der Waals surface area contributed by atoms with Gasteiger partial charge in [-0.25, -0.2) is 4.79 Å². The first-order chi connectivity index (χ1) is 18.0. The van der Waals surface area contributed by atoms with Crippen molar-refractivity contribution in [3.63, 3.8) is 0 Å². The first kappa shape index (κ1) is 24.6. The van der Waals surface area contributed by atoms with Gasteiger partial charge < -0.3 is 14.6 Å². The van der Waals surface area contributed by atoms with Gasteiger partial charge in [0.1, 0.15) is 6.04 Å². The molecule has 7 nitrogen and oxygen atoms in total. The fraction of sp³-hybridized carbons (Fsp3) is 0.207. The molecule has 1 aliphatic rings. The second-order valence-corrected chi connectivity index (χ2v) is 9.68. The Kier molecular flexibility index (Phi) is 7.01. The largest absolute Gasteiger partial charge is 0.462 e. The van der Waals surface area contributed by atoms with E-state index in [9.17, 15) is 14.4 Å². The normalized spacial score (nSPS) is 15.2. The van der Waals surface area contributed by atoms with Crippen LogP contribution in [0.5, 0.6) is 0 Å². The molecule has 2 heterocycles. The van der Waals surface area contributed by atoms with E-state index in [-0.39, 0.29) is 24.2 Å². The molecule has 1 N–H and O–H groups in total. The lowest BCUT2D eigenvalue weighted by atomic mass is 10.0. The smallest absolute Gasteiger partial charge is 0.338 e. The number of aryl methyl sites for hydroxylation is 1. The average molecular weight is 514 g/mol. The van der Waals surface area contributed by atoms with Crippen LogP contribution in [0.3, 0.4) is 0 Å². The fourth-order valence-corrected chi connectivity index (χ4v) is 5.77. The summed E-state index contributed by atoms with van der Waals surface area (Å²) in [5.41, 5.74) is 3.69. The Bertz CT molecular complexity index is 1460. The maximum absolute atomic E-state index is 13.9. The molecule has 1 atom stereocenters. The zero-order valence-corrected chi connectivity index (χ0v) is 21.5. The van der Waals surface area contributed by atoms with Crippen molar-refractivity contribution in [3.05, 3.63) is 95.6 Å². The lowest BCUT2D eigenvalue weighted by Crippen LogP contribution is -2.43. The molecular weight excluding hydrogens is 486 g/mol. The standard InChI is InChI=1S/C29H27N3O4S/c1-3-36-29(35)20-13-15-21(16-14-20)32-24(33)18-37-28-25(22-11-7-8-12-23(22)31(28)2)26(32)27(34)30-17-19-9-5-4-6-10-19/h4-16,26H,3,17-18H2,1-2H3,(H,30,34)/t26-/m1/s1. The van der Waals surface area contributed by atoms with Crippen molar-refractivity contribution in [1.29, 1.82) is 0 Å². The van der Waals surface area contributed by atoms with Crippen LogP contribution in [0.25, 0.3) is 10.9 Å². The monoisotopic (exact) mass is 513 g/mol. The molecule has 0 spiro atoms.